The maximum absolute atomic E-state index is 12.1. The number of methoxy groups -OCH3 is 2. The smallest absolute Gasteiger partial charge is 0.316 e. The molecule has 1 aromatic carbocycles. The van der Waals surface area contributed by atoms with Gasteiger partial charge in [-0.3, -0.25) is 4.79 Å². The fourth-order valence-corrected chi connectivity index (χ4v) is 3.13. The standard InChI is InChI=1S/C14H15BrN2O3S/c1-7-11(13(18)20-3)12(17-14(21)16-7)8-4-5-10(19-2)9(15)6-8/h4-6,11-12H,1-3H3,(H,17,21). The van der Waals surface area contributed by atoms with Crippen LogP contribution in [-0.4, -0.2) is 31.0 Å². The van der Waals surface area contributed by atoms with Gasteiger partial charge in [0.05, 0.1) is 24.7 Å². The molecule has 0 fully saturated rings. The lowest BCUT2D eigenvalue weighted by Crippen LogP contribution is -2.44. The van der Waals surface area contributed by atoms with Gasteiger partial charge in [-0.1, -0.05) is 6.07 Å². The highest BCUT2D eigenvalue weighted by Gasteiger charge is 2.36. The van der Waals surface area contributed by atoms with Gasteiger partial charge in [0.1, 0.15) is 11.7 Å². The lowest BCUT2D eigenvalue weighted by atomic mass is 9.88. The Morgan fingerprint density at radius 2 is 2.14 bits per heavy atom. The highest BCUT2D eigenvalue weighted by molar-refractivity contribution is 9.10. The number of carbonyl (C=O) groups is 1. The largest absolute Gasteiger partial charge is 0.496 e. The zero-order valence-electron chi connectivity index (χ0n) is 11.8. The van der Waals surface area contributed by atoms with E-state index in [0.717, 1.165) is 15.8 Å². The first-order valence-corrected chi connectivity index (χ1v) is 7.45. The van der Waals surface area contributed by atoms with Crippen LogP contribution in [0.1, 0.15) is 18.5 Å². The van der Waals surface area contributed by atoms with Gasteiger partial charge in [-0.25, -0.2) is 4.99 Å². The van der Waals surface area contributed by atoms with Crippen LogP contribution in [0.3, 0.4) is 0 Å². The van der Waals surface area contributed by atoms with Crippen LogP contribution >= 0.6 is 28.1 Å². The first kappa shape index (κ1) is 15.9. The van der Waals surface area contributed by atoms with Crippen molar-refractivity contribution < 1.29 is 14.3 Å². The van der Waals surface area contributed by atoms with E-state index < -0.39 is 5.92 Å². The van der Waals surface area contributed by atoms with Crippen molar-refractivity contribution >= 4 is 44.9 Å². The van der Waals surface area contributed by atoms with Crippen LogP contribution in [0.4, 0.5) is 0 Å². The van der Waals surface area contributed by atoms with Gasteiger partial charge in [0.25, 0.3) is 0 Å². The van der Waals surface area contributed by atoms with E-state index in [2.05, 4.69) is 26.2 Å². The molecule has 0 saturated carbocycles. The minimum absolute atomic E-state index is 0.315. The van der Waals surface area contributed by atoms with Gasteiger partial charge in [-0.2, -0.15) is 0 Å². The van der Waals surface area contributed by atoms with E-state index in [0.29, 0.717) is 10.8 Å². The maximum Gasteiger partial charge on any atom is 0.316 e. The Hall–Kier alpha value is -1.47. The van der Waals surface area contributed by atoms with Gasteiger partial charge in [-0.05, 0) is 52.8 Å². The van der Waals surface area contributed by atoms with Crippen molar-refractivity contribution in [3.63, 3.8) is 0 Å². The monoisotopic (exact) mass is 370 g/mol. The summed E-state index contributed by atoms with van der Waals surface area (Å²) >= 11 is 8.58. The van der Waals surface area contributed by atoms with Gasteiger partial charge in [0.2, 0.25) is 0 Å². The number of thiocarbonyl (C=S) groups is 1. The molecule has 0 saturated heterocycles. The van der Waals surface area contributed by atoms with E-state index in [1.54, 1.807) is 14.0 Å². The Morgan fingerprint density at radius 1 is 1.43 bits per heavy atom. The molecule has 7 heteroatoms. The number of benzene rings is 1. The Balaban J connectivity index is 2.44. The third-order valence-electron chi connectivity index (χ3n) is 3.33. The van der Waals surface area contributed by atoms with Crippen molar-refractivity contribution in [3.8, 4) is 5.75 Å². The van der Waals surface area contributed by atoms with Crippen molar-refractivity contribution in [3.05, 3.63) is 28.2 Å². The normalized spacial score (nSPS) is 21.3. The summed E-state index contributed by atoms with van der Waals surface area (Å²) in [6.45, 7) is 1.78. The van der Waals surface area contributed by atoms with Crippen molar-refractivity contribution in [1.82, 2.24) is 5.32 Å². The summed E-state index contributed by atoms with van der Waals surface area (Å²) in [7, 11) is 2.96. The second kappa shape index (κ2) is 6.53. The summed E-state index contributed by atoms with van der Waals surface area (Å²) in [5.74, 6) is -0.137. The van der Waals surface area contributed by atoms with Gasteiger partial charge in [0.15, 0.2) is 5.11 Å². The number of halogens is 1. The SMILES string of the molecule is COC(=O)C1C(C)=NC(=S)NC1c1ccc(OC)c(Br)c1. The molecule has 0 aliphatic carbocycles. The predicted octanol–water partition coefficient (Wildman–Crippen LogP) is 2.64. The molecule has 0 bridgehead atoms. The van der Waals surface area contributed by atoms with Crippen LogP contribution in [-0.2, 0) is 9.53 Å². The second-order valence-corrected chi connectivity index (χ2v) is 5.82. The molecule has 2 atom stereocenters. The summed E-state index contributed by atoms with van der Waals surface area (Å²) in [5.41, 5.74) is 1.54. The fourth-order valence-electron chi connectivity index (χ4n) is 2.31. The summed E-state index contributed by atoms with van der Waals surface area (Å²) in [4.78, 5) is 16.2. The molecule has 0 aromatic heterocycles. The molecule has 2 unspecified atom stereocenters. The van der Waals surface area contributed by atoms with Gasteiger partial charge in [0, 0.05) is 5.71 Å². The number of carbonyl (C=O) groups excluding carboxylic acids is 1. The number of hydrogen-bond acceptors (Lipinski definition) is 4. The van der Waals surface area contributed by atoms with E-state index >= 15 is 0 Å². The van der Waals surface area contributed by atoms with Crippen molar-refractivity contribution in [1.29, 1.82) is 0 Å². The van der Waals surface area contributed by atoms with Crippen LogP contribution < -0.4 is 10.1 Å². The van der Waals surface area contributed by atoms with Crippen LogP contribution in [0, 0.1) is 5.92 Å². The van der Waals surface area contributed by atoms with E-state index in [1.807, 2.05) is 18.2 Å². The van der Waals surface area contributed by atoms with Crippen LogP contribution in [0.15, 0.2) is 27.7 Å². The van der Waals surface area contributed by atoms with Crippen molar-refractivity contribution in [2.75, 3.05) is 14.2 Å². The molecule has 2 rings (SSSR count). The quantitative estimate of drug-likeness (QED) is 0.654. The first-order chi connectivity index (χ1) is 9.97. The number of aliphatic imine (C=N–C) groups is 1. The Bertz CT molecular complexity index is 618. The number of nitrogens with one attached hydrogen (secondary N) is 1. The molecule has 0 amide bonds. The van der Waals surface area contributed by atoms with Crippen molar-refractivity contribution in [2.24, 2.45) is 10.9 Å². The molecule has 0 spiro atoms. The molecule has 1 heterocycles. The highest BCUT2D eigenvalue weighted by atomic mass is 79.9. The van der Waals surface area contributed by atoms with Gasteiger partial charge in [-0.15, -0.1) is 0 Å². The molecule has 0 radical (unpaired) electrons. The van der Waals surface area contributed by atoms with E-state index in [-0.39, 0.29) is 12.0 Å². The fraction of sp³-hybridized carbons (Fsp3) is 0.357. The van der Waals surface area contributed by atoms with E-state index in [9.17, 15) is 4.79 Å². The Morgan fingerprint density at radius 3 is 2.71 bits per heavy atom. The Kier molecular flexibility index (Phi) is 4.95. The number of rotatable bonds is 3. The maximum atomic E-state index is 12.1. The third-order valence-corrected chi connectivity index (χ3v) is 4.16. The number of hydrogen-bond donors (Lipinski definition) is 1. The summed E-state index contributed by atoms with van der Waals surface area (Å²) < 4.78 is 10.9. The third kappa shape index (κ3) is 3.24. The number of ether oxygens (including phenoxy) is 2. The lowest BCUT2D eigenvalue weighted by molar-refractivity contribution is -0.143. The number of nitrogens with zero attached hydrogens (tertiary/aromatic N) is 1. The van der Waals surface area contributed by atoms with Crippen LogP contribution in [0.25, 0.3) is 0 Å². The average Bonchev–Trinajstić information content (AvgIpc) is 2.45. The minimum Gasteiger partial charge on any atom is -0.496 e. The second-order valence-electron chi connectivity index (χ2n) is 4.58. The molecule has 5 nitrogen and oxygen atoms in total. The molecular formula is C14H15BrN2O3S. The summed E-state index contributed by atoms with van der Waals surface area (Å²) in [6, 6.07) is 5.30. The summed E-state index contributed by atoms with van der Waals surface area (Å²) in [5, 5.41) is 3.44. The van der Waals surface area contributed by atoms with Crippen LogP contribution in [0.5, 0.6) is 5.75 Å². The highest BCUT2D eigenvalue weighted by Crippen LogP contribution is 2.33. The minimum atomic E-state index is -0.512. The topological polar surface area (TPSA) is 59.9 Å². The molecule has 21 heavy (non-hydrogen) atoms. The average molecular weight is 371 g/mol. The van der Waals surface area contributed by atoms with Gasteiger partial charge < -0.3 is 14.8 Å². The molecule has 1 aliphatic heterocycles. The lowest BCUT2D eigenvalue weighted by Gasteiger charge is -2.30. The van der Waals surface area contributed by atoms with E-state index in [4.69, 9.17) is 21.7 Å². The zero-order chi connectivity index (χ0) is 15.6. The summed E-state index contributed by atoms with van der Waals surface area (Å²) in [6.07, 6.45) is 0. The van der Waals surface area contributed by atoms with Crippen molar-refractivity contribution in [2.45, 2.75) is 13.0 Å². The van der Waals surface area contributed by atoms with E-state index in [1.165, 1.54) is 7.11 Å². The molecule has 1 aromatic rings. The zero-order valence-corrected chi connectivity index (χ0v) is 14.2. The Labute approximate surface area is 136 Å². The molecule has 1 aliphatic rings. The van der Waals surface area contributed by atoms with Crippen LogP contribution in [0.2, 0.25) is 0 Å². The predicted molar refractivity (Wildman–Crippen MR) is 87.8 cm³/mol. The molecule has 112 valence electrons. The number of esters is 1. The first-order valence-electron chi connectivity index (χ1n) is 6.25. The van der Waals surface area contributed by atoms with Gasteiger partial charge >= 0.3 is 5.97 Å². The molecule has 1 N–H and O–H groups in total. The molecular weight excluding hydrogens is 356 g/mol.